The van der Waals surface area contributed by atoms with E-state index in [9.17, 15) is 8.78 Å². The molecule has 2 nitrogen and oxygen atoms in total. The van der Waals surface area contributed by atoms with Gasteiger partial charge in [0.2, 0.25) is 0 Å². The molecule has 102 valence electrons. The van der Waals surface area contributed by atoms with Crippen LogP contribution >= 0.6 is 0 Å². The molecule has 1 N–H and O–H groups in total. The highest BCUT2D eigenvalue weighted by Gasteiger charge is 2.12. The molecular formula is C15H18F2N2. The maximum atomic E-state index is 13.3. The van der Waals surface area contributed by atoms with Crippen LogP contribution in [0.15, 0.2) is 18.2 Å². The number of nitrogens with zero attached hydrogens (tertiary/aromatic N) is 1. The lowest BCUT2D eigenvalue weighted by Gasteiger charge is -2.15. The lowest BCUT2D eigenvalue weighted by molar-refractivity contribution is 0.510. The van der Waals surface area contributed by atoms with Crippen LogP contribution in [0.2, 0.25) is 0 Å². The van der Waals surface area contributed by atoms with Crippen molar-refractivity contribution in [3.05, 3.63) is 35.4 Å². The summed E-state index contributed by atoms with van der Waals surface area (Å²) in [5.74, 6) is -0.670. The van der Waals surface area contributed by atoms with Crippen molar-refractivity contribution in [1.82, 2.24) is 4.98 Å². The third kappa shape index (κ3) is 2.83. The highest BCUT2D eigenvalue weighted by atomic mass is 19.2. The molecule has 0 aliphatic heterocycles. The van der Waals surface area contributed by atoms with E-state index >= 15 is 0 Å². The SMILES string of the molecule is CCCNc1nc2cc(F)c(F)cc2cc1C(C)C. The summed E-state index contributed by atoms with van der Waals surface area (Å²) in [5, 5.41) is 3.87. The van der Waals surface area contributed by atoms with Gasteiger partial charge in [0.05, 0.1) is 5.52 Å². The molecule has 0 fully saturated rings. The number of benzene rings is 1. The quantitative estimate of drug-likeness (QED) is 0.882. The molecule has 2 rings (SSSR count). The molecule has 0 saturated carbocycles. The van der Waals surface area contributed by atoms with Crippen LogP contribution in [0, 0.1) is 11.6 Å². The summed E-state index contributed by atoms with van der Waals surface area (Å²) in [7, 11) is 0. The summed E-state index contributed by atoms with van der Waals surface area (Å²) in [5.41, 5.74) is 1.49. The van der Waals surface area contributed by atoms with Gasteiger partial charge in [0, 0.05) is 18.0 Å². The second-order valence-corrected chi connectivity index (χ2v) is 4.97. The van der Waals surface area contributed by atoms with Crippen molar-refractivity contribution >= 4 is 16.7 Å². The highest BCUT2D eigenvalue weighted by molar-refractivity contribution is 5.82. The third-order valence-corrected chi connectivity index (χ3v) is 3.05. The van der Waals surface area contributed by atoms with Gasteiger partial charge >= 0.3 is 0 Å². The molecule has 0 amide bonds. The van der Waals surface area contributed by atoms with Gasteiger partial charge in [-0.05, 0) is 30.0 Å². The molecule has 0 atom stereocenters. The summed E-state index contributed by atoms with van der Waals surface area (Å²) in [4.78, 5) is 4.42. The first-order chi connectivity index (χ1) is 9.02. The van der Waals surface area contributed by atoms with Crippen LogP contribution in [0.4, 0.5) is 14.6 Å². The van der Waals surface area contributed by atoms with Crippen molar-refractivity contribution in [3.63, 3.8) is 0 Å². The summed E-state index contributed by atoms with van der Waals surface area (Å²) < 4.78 is 26.5. The molecule has 1 heterocycles. The first kappa shape index (κ1) is 13.7. The molecule has 1 aromatic heterocycles. The van der Waals surface area contributed by atoms with E-state index in [4.69, 9.17) is 0 Å². The first-order valence-corrected chi connectivity index (χ1v) is 6.56. The van der Waals surface area contributed by atoms with E-state index in [2.05, 4.69) is 31.1 Å². The number of fused-ring (bicyclic) bond motifs is 1. The fourth-order valence-electron chi connectivity index (χ4n) is 2.01. The number of halogens is 2. The predicted molar refractivity (Wildman–Crippen MR) is 74.5 cm³/mol. The van der Waals surface area contributed by atoms with E-state index < -0.39 is 11.6 Å². The average Bonchev–Trinajstić information content (AvgIpc) is 2.36. The Hall–Kier alpha value is -1.71. The number of pyridine rings is 1. The number of hydrogen-bond acceptors (Lipinski definition) is 2. The zero-order valence-corrected chi connectivity index (χ0v) is 11.4. The van der Waals surface area contributed by atoms with Crippen LogP contribution in [0.3, 0.4) is 0 Å². The van der Waals surface area contributed by atoms with Gasteiger partial charge in [-0.3, -0.25) is 0 Å². The van der Waals surface area contributed by atoms with Gasteiger partial charge in [-0.15, -0.1) is 0 Å². The molecular weight excluding hydrogens is 246 g/mol. The Labute approximate surface area is 111 Å². The van der Waals surface area contributed by atoms with Crippen LogP contribution in [0.25, 0.3) is 10.9 Å². The largest absolute Gasteiger partial charge is 0.370 e. The Balaban J connectivity index is 2.58. The second-order valence-electron chi connectivity index (χ2n) is 4.97. The monoisotopic (exact) mass is 264 g/mol. The maximum absolute atomic E-state index is 13.3. The minimum Gasteiger partial charge on any atom is -0.370 e. The summed E-state index contributed by atoms with van der Waals surface area (Å²) in [6.07, 6.45) is 0.981. The minimum absolute atomic E-state index is 0.268. The Kier molecular flexibility index (Phi) is 3.98. The van der Waals surface area contributed by atoms with Crippen molar-refractivity contribution in [2.45, 2.75) is 33.1 Å². The van der Waals surface area contributed by atoms with Crippen molar-refractivity contribution in [3.8, 4) is 0 Å². The van der Waals surface area contributed by atoms with Gasteiger partial charge in [-0.25, -0.2) is 13.8 Å². The Morgan fingerprint density at radius 3 is 2.47 bits per heavy atom. The lowest BCUT2D eigenvalue weighted by atomic mass is 10.0. The standard InChI is InChI=1S/C15H18F2N2/c1-4-5-18-15-11(9(2)3)6-10-7-12(16)13(17)8-14(10)19-15/h6-9H,4-5H2,1-3H3,(H,18,19). The van der Waals surface area contributed by atoms with Crippen molar-refractivity contribution < 1.29 is 8.78 Å². The Morgan fingerprint density at radius 1 is 1.16 bits per heavy atom. The summed E-state index contributed by atoms with van der Waals surface area (Å²) >= 11 is 0. The number of anilines is 1. The molecule has 0 saturated heterocycles. The molecule has 19 heavy (non-hydrogen) atoms. The van der Waals surface area contributed by atoms with Crippen LogP contribution in [0.5, 0.6) is 0 Å². The van der Waals surface area contributed by atoms with E-state index in [0.29, 0.717) is 10.9 Å². The number of hydrogen-bond donors (Lipinski definition) is 1. The topological polar surface area (TPSA) is 24.9 Å². The summed E-state index contributed by atoms with van der Waals surface area (Å²) in [6.45, 7) is 6.99. The number of nitrogens with one attached hydrogen (secondary N) is 1. The van der Waals surface area contributed by atoms with E-state index in [1.54, 1.807) is 0 Å². The Morgan fingerprint density at radius 2 is 1.84 bits per heavy atom. The van der Waals surface area contributed by atoms with Gasteiger partial charge in [-0.2, -0.15) is 0 Å². The molecule has 0 bridgehead atoms. The lowest BCUT2D eigenvalue weighted by Crippen LogP contribution is -2.07. The smallest absolute Gasteiger partial charge is 0.161 e. The molecule has 0 unspecified atom stereocenters. The molecule has 4 heteroatoms. The maximum Gasteiger partial charge on any atom is 0.161 e. The highest BCUT2D eigenvalue weighted by Crippen LogP contribution is 2.28. The van der Waals surface area contributed by atoms with E-state index in [1.165, 1.54) is 6.07 Å². The average molecular weight is 264 g/mol. The summed E-state index contributed by atoms with van der Waals surface area (Å²) in [6, 6.07) is 4.23. The van der Waals surface area contributed by atoms with Gasteiger partial charge in [-0.1, -0.05) is 20.8 Å². The molecule has 0 aliphatic rings. The fraction of sp³-hybridized carbons (Fsp3) is 0.400. The normalized spacial score (nSPS) is 11.3. The van der Waals surface area contributed by atoms with Gasteiger partial charge < -0.3 is 5.32 Å². The van der Waals surface area contributed by atoms with E-state index in [-0.39, 0.29) is 5.92 Å². The van der Waals surface area contributed by atoms with Gasteiger partial charge in [0.1, 0.15) is 5.82 Å². The molecule has 0 aliphatic carbocycles. The molecule has 0 spiro atoms. The minimum atomic E-state index is -0.862. The van der Waals surface area contributed by atoms with Crippen molar-refractivity contribution in [2.24, 2.45) is 0 Å². The zero-order chi connectivity index (χ0) is 14.0. The van der Waals surface area contributed by atoms with Crippen molar-refractivity contribution in [1.29, 1.82) is 0 Å². The fourth-order valence-corrected chi connectivity index (χ4v) is 2.01. The van der Waals surface area contributed by atoms with Crippen LogP contribution in [-0.2, 0) is 0 Å². The number of rotatable bonds is 4. The van der Waals surface area contributed by atoms with Crippen LogP contribution in [0.1, 0.15) is 38.7 Å². The molecule has 1 aromatic carbocycles. The van der Waals surface area contributed by atoms with Crippen molar-refractivity contribution in [2.75, 3.05) is 11.9 Å². The molecule has 0 radical (unpaired) electrons. The first-order valence-electron chi connectivity index (χ1n) is 6.56. The van der Waals surface area contributed by atoms with E-state index in [0.717, 1.165) is 30.4 Å². The van der Waals surface area contributed by atoms with Crippen LogP contribution in [-0.4, -0.2) is 11.5 Å². The van der Waals surface area contributed by atoms with Gasteiger partial charge in [0.25, 0.3) is 0 Å². The molecule has 2 aromatic rings. The number of aromatic nitrogens is 1. The predicted octanol–water partition coefficient (Wildman–Crippen LogP) is 4.46. The van der Waals surface area contributed by atoms with Crippen LogP contribution < -0.4 is 5.32 Å². The third-order valence-electron chi connectivity index (χ3n) is 3.05. The zero-order valence-electron chi connectivity index (χ0n) is 11.4. The second kappa shape index (κ2) is 5.51. The van der Waals surface area contributed by atoms with Gasteiger partial charge in [0.15, 0.2) is 11.6 Å². The van der Waals surface area contributed by atoms with E-state index in [1.807, 2.05) is 6.07 Å². The Bertz CT molecular complexity index is 594.